The van der Waals surface area contributed by atoms with Gasteiger partial charge in [-0.25, -0.2) is 4.39 Å². The van der Waals surface area contributed by atoms with Gasteiger partial charge in [-0.05, 0) is 50.1 Å². The van der Waals surface area contributed by atoms with Crippen molar-refractivity contribution in [3.63, 3.8) is 0 Å². The number of carbonyl (C=O) groups excluding carboxylic acids is 1. The standard InChI is InChI=1S/C22H29FN4O/c1-22(2,3)27(15-17-6-4-8-19(23)12-17)21(28)16-26-11-10-25-14-20(26)18-7-5-9-24-13-18/h4-9,12-13,20,25H,10-11,14-16H2,1-3H3. The zero-order chi connectivity index (χ0) is 20.1. The Morgan fingerprint density at radius 1 is 1.32 bits per heavy atom. The Morgan fingerprint density at radius 3 is 2.82 bits per heavy atom. The van der Waals surface area contributed by atoms with E-state index in [1.54, 1.807) is 12.3 Å². The van der Waals surface area contributed by atoms with Crippen LogP contribution in [-0.4, -0.2) is 52.4 Å². The molecular formula is C22H29FN4O. The normalized spacial score (nSPS) is 18.1. The zero-order valence-corrected chi connectivity index (χ0v) is 16.9. The lowest BCUT2D eigenvalue weighted by Crippen LogP contribution is -2.53. The first-order valence-corrected chi connectivity index (χ1v) is 9.74. The van der Waals surface area contributed by atoms with E-state index in [1.807, 2.05) is 44.0 Å². The maximum absolute atomic E-state index is 13.6. The smallest absolute Gasteiger partial charge is 0.237 e. The molecule has 1 aromatic carbocycles. The van der Waals surface area contributed by atoms with Crippen LogP contribution in [0.2, 0.25) is 0 Å². The van der Waals surface area contributed by atoms with Gasteiger partial charge in [-0.2, -0.15) is 0 Å². The molecule has 1 aromatic heterocycles. The summed E-state index contributed by atoms with van der Waals surface area (Å²) in [6, 6.07) is 10.6. The first-order valence-electron chi connectivity index (χ1n) is 9.74. The Labute approximate surface area is 166 Å². The summed E-state index contributed by atoms with van der Waals surface area (Å²) in [6.07, 6.45) is 3.62. The molecule has 150 valence electrons. The molecule has 0 spiro atoms. The van der Waals surface area contributed by atoms with Crippen LogP contribution >= 0.6 is 0 Å². The molecule has 1 saturated heterocycles. The predicted octanol–water partition coefficient (Wildman–Crippen LogP) is 2.99. The number of nitrogens with zero attached hydrogens (tertiary/aromatic N) is 3. The van der Waals surface area contributed by atoms with Crippen LogP contribution in [0.1, 0.15) is 37.9 Å². The van der Waals surface area contributed by atoms with Crippen LogP contribution in [0.4, 0.5) is 4.39 Å². The van der Waals surface area contributed by atoms with Gasteiger partial charge in [0.25, 0.3) is 0 Å². The number of aromatic nitrogens is 1. The van der Waals surface area contributed by atoms with Crippen molar-refractivity contribution in [3.05, 3.63) is 65.7 Å². The van der Waals surface area contributed by atoms with Gasteiger partial charge >= 0.3 is 0 Å². The number of carbonyl (C=O) groups is 1. The third-order valence-electron chi connectivity index (χ3n) is 5.10. The summed E-state index contributed by atoms with van der Waals surface area (Å²) in [7, 11) is 0. The summed E-state index contributed by atoms with van der Waals surface area (Å²) < 4.78 is 13.6. The Bertz CT molecular complexity index is 791. The highest BCUT2D eigenvalue weighted by atomic mass is 19.1. The molecule has 0 radical (unpaired) electrons. The van der Waals surface area contributed by atoms with Crippen molar-refractivity contribution in [1.29, 1.82) is 0 Å². The minimum atomic E-state index is -0.360. The van der Waals surface area contributed by atoms with Crippen molar-refractivity contribution in [1.82, 2.24) is 20.1 Å². The first-order chi connectivity index (χ1) is 13.3. The molecule has 1 amide bonds. The molecule has 0 saturated carbocycles. The SMILES string of the molecule is CC(C)(C)N(Cc1cccc(F)c1)C(=O)CN1CCNCC1c1cccnc1. The zero-order valence-electron chi connectivity index (χ0n) is 16.9. The number of hydrogen-bond acceptors (Lipinski definition) is 4. The fraction of sp³-hybridized carbons (Fsp3) is 0.455. The molecule has 1 unspecified atom stereocenters. The van der Waals surface area contributed by atoms with Crippen LogP contribution < -0.4 is 5.32 Å². The van der Waals surface area contributed by atoms with Gasteiger partial charge in [0, 0.05) is 50.2 Å². The third-order valence-corrected chi connectivity index (χ3v) is 5.10. The molecule has 1 fully saturated rings. The molecule has 6 heteroatoms. The van der Waals surface area contributed by atoms with Gasteiger partial charge in [0.15, 0.2) is 0 Å². The Balaban J connectivity index is 1.76. The minimum Gasteiger partial charge on any atom is -0.332 e. The van der Waals surface area contributed by atoms with Crippen molar-refractivity contribution in [2.24, 2.45) is 0 Å². The molecule has 2 aromatic rings. The number of amides is 1. The monoisotopic (exact) mass is 384 g/mol. The molecule has 1 aliphatic heterocycles. The summed E-state index contributed by atoms with van der Waals surface area (Å²) in [6.45, 7) is 9.20. The molecule has 3 rings (SSSR count). The van der Waals surface area contributed by atoms with Crippen LogP contribution in [0.25, 0.3) is 0 Å². The van der Waals surface area contributed by atoms with Gasteiger partial charge in [-0.1, -0.05) is 18.2 Å². The number of benzene rings is 1. The van der Waals surface area contributed by atoms with E-state index in [2.05, 4.69) is 21.3 Å². The van der Waals surface area contributed by atoms with Crippen molar-refractivity contribution in [2.75, 3.05) is 26.2 Å². The average Bonchev–Trinajstić information content (AvgIpc) is 2.66. The Morgan fingerprint density at radius 2 is 2.14 bits per heavy atom. The van der Waals surface area contributed by atoms with E-state index in [1.165, 1.54) is 12.1 Å². The number of pyridine rings is 1. The molecule has 2 heterocycles. The van der Waals surface area contributed by atoms with Crippen molar-refractivity contribution in [2.45, 2.75) is 38.9 Å². The second-order valence-electron chi connectivity index (χ2n) is 8.26. The second kappa shape index (κ2) is 8.80. The number of piperazine rings is 1. The van der Waals surface area contributed by atoms with E-state index in [-0.39, 0.29) is 23.3 Å². The van der Waals surface area contributed by atoms with Crippen LogP contribution in [0.5, 0.6) is 0 Å². The summed E-state index contributed by atoms with van der Waals surface area (Å²) in [4.78, 5) is 21.6. The largest absolute Gasteiger partial charge is 0.332 e. The number of halogens is 1. The highest BCUT2D eigenvalue weighted by molar-refractivity contribution is 5.79. The quantitative estimate of drug-likeness (QED) is 0.861. The van der Waals surface area contributed by atoms with Gasteiger partial charge in [-0.15, -0.1) is 0 Å². The predicted molar refractivity (Wildman–Crippen MR) is 108 cm³/mol. The van der Waals surface area contributed by atoms with Gasteiger partial charge in [0.2, 0.25) is 5.91 Å². The molecule has 1 N–H and O–H groups in total. The van der Waals surface area contributed by atoms with E-state index >= 15 is 0 Å². The summed E-state index contributed by atoms with van der Waals surface area (Å²) in [5, 5.41) is 3.41. The van der Waals surface area contributed by atoms with Crippen LogP contribution in [-0.2, 0) is 11.3 Å². The minimum absolute atomic E-state index is 0.0487. The molecule has 0 bridgehead atoms. The fourth-order valence-corrected chi connectivity index (χ4v) is 3.61. The number of hydrogen-bond donors (Lipinski definition) is 1. The van der Waals surface area contributed by atoms with Gasteiger partial charge in [0.05, 0.1) is 6.54 Å². The highest BCUT2D eigenvalue weighted by Crippen LogP contribution is 2.23. The van der Waals surface area contributed by atoms with Crippen molar-refractivity contribution < 1.29 is 9.18 Å². The van der Waals surface area contributed by atoms with E-state index in [0.717, 1.165) is 30.8 Å². The lowest BCUT2D eigenvalue weighted by atomic mass is 10.0. The number of rotatable bonds is 5. The molecule has 28 heavy (non-hydrogen) atoms. The van der Waals surface area contributed by atoms with Gasteiger partial charge in [-0.3, -0.25) is 14.7 Å². The van der Waals surface area contributed by atoms with Gasteiger partial charge < -0.3 is 10.2 Å². The summed E-state index contributed by atoms with van der Waals surface area (Å²) in [5.41, 5.74) is 1.55. The van der Waals surface area contributed by atoms with E-state index in [9.17, 15) is 9.18 Å². The third kappa shape index (κ3) is 5.14. The first kappa shape index (κ1) is 20.4. The Kier molecular flexibility index (Phi) is 6.42. The van der Waals surface area contributed by atoms with Crippen molar-refractivity contribution in [3.8, 4) is 0 Å². The van der Waals surface area contributed by atoms with Crippen molar-refractivity contribution >= 4 is 5.91 Å². The Hall–Kier alpha value is -2.31. The van der Waals surface area contributed by atoms with E-state index < -0.39 is 0 Å². The van der Waals surface area contributed by atoms with Crippen LogP contribution in [0, 0.1) is 5.82 Å². The maximum Gasteiger partial charge on any atom is 0.237 e. The molecule has 1 atom stereocenters. The van der Waals surface area contributed by atoms with Gasteiger partial charge in [0.1, 0.15) is 5.82 Å². The molecule has 1 aliphatic rings. The lowest BCUT2D eigenvalue weighted by Gasteiger charge is -2.40. The summed E-state index contributed by atoms with van der Waals surface area (Å²) >= 11 is 0. The molecule has 5 nitrogen and oxygen atoms in total. The average molecular weight is 384 g/mol. The number of nitrogens with one attached hydrogen (secondary N) is 1. The molecule has 0 aliphatic carbocycles. The van der Waals surface area contributed by atoms with E-state index in [0.29, 0.717) is 13.1 Å². The molecular weight excluding hydrogens is 355 g/mol. The fourth-order valence-electron chi connectivity index (χ4n) is 3.61. The van der Waals surface area contributed by atoms with Crippen LogP contribution in [0.15, 0.2) is 48.8 Å². The maximum atomic E-state index is 13.6. The topological polar surface area (TPSA) is 48.5 Å². The van der Waals surface area contributed by atoms with E-state index in [4.69, 9.17) is 0 Å². The second-order valence-corrected chi connectivity index (χ2v) is 8.26. The highest BCUT2D eigenvalue weighted by Gasteiger charge is 2.31. The van der Waals surface area contributed by atoms with Crippen LogP contribution in [0.3, 0.4) is 0 Å². The lowest BCUT2D eigenvalue weighted by molar-refractivity contribution is -0.139. The summed E-state index contributed by atoms with van der Waals surface area (Å²) in [5.74, 6) is -0.231.